The summed E-state index contributed by atoms with van der Waals surface area (Å²) in [6.45, 7) is 4.99. The molecule has 0 aliphatic carbocycles. The average molecular weight is 328 g/mol. The first-order valence-electron chi connectivity index (χ1n) is 7.36. The lowest BCUT2D eigenvalue weighted by Gasteiger charge is -2.09. The zero-order valence-corrected chi connectivity index (χ0v) is 13.5. The number of carbonyl (C=O) groups excluding carboxylic acids is 1. The zero-order valence-electron chi connectivity index (χ0n) is 13.5. The molecule has 0 aliphatic heterocycles. The molecule has 0 unspecified atom stereocenters. The van der Waals surface area contributed by atoms with Crippen LogP contribution in [0.25, 0.3) is 11.0 Å². The topological polar surface area (TPSA) is 89.9 Å². The Morgan fingerprint density at radius 2 is 1.92 bits per heavy atom. The van der Waals surface area contributed by atoms with Crippen LogP contribution in [-0.4, -0.2) is 11.1 Å². The Kier molecular flexibility index (Phi) is 3.89. The van der Waals surface area contributed by atoms with E-state index in [4.69, 9.17) is 13.6 Å². The molecule has 0 saturated carbocycles. The third kappa shape index (κ3) is 2.78. The van der Waals surface area contributed by atoms with E-state index in [1.807, 2.05) is 0 Å². The van der Waals surface area contributed by atoms with Crippen LogP contribution in [0.1, 0.15) is 33.0 Å². The first-order chi connectivity index (χ1) is 11.4. The summed E-state index contributed by atoms with van der Waals surface area (Å²) < 4.78 is 15.8. The minimum atomic E-state index is -0.572. The predicted octanol–water partition coefficient (Wildman–Crippen LogP) is 3.37. The van der Waals surface area contributed by atoms with Gasteiger partial charge in [-0.1, -0.05) is 0 Å². The maximum Gasteiger partial charge on any atom is 0.342 e. The van der Waals surface area contributed by atoms with E-state index in [0.717, 1.165) is 0 Å². The van der Waals surface area contributed by atoms with E-state index < -0.39 is 11.6 Å². The number of aryl methyl sites for hydroxylation is 3. The van der Waals surface area contributed by atoms with Crippen LogP contribution in [0.15, 0.2) is 37.9 Å². The van der Waals surface area contributed by atoms with Gasteiger partial charge < -0.3 is 18.7 Å². The van der Waals surface area contributed by atoms with Gasteiger partial charge in [0.05, 0.1) is 0 Å². The van der Waals surface area contributed by atoms with Crippen molar-refractivity contribution >= 4 is 16.9 Å². The molecule has 0 spiro atoms. The highest BCUT2D eigenvalue weighted by atomic mass is 16.5. The molecule has 0 saturated heterocycles. The molecule has 0 aliphatic rings. The molecule has 6 nitrogen and oxygen atoms in total. The molecular weight excluding hydrogens is 312 g/mol. The molecule has 0 amide bonds. The van der Waals surface area contributed by atoms with Gasteiger partial charge in [-0.15, -0.1) is 0 Å². The standard InChI is InChI=1S/C18H16O6/c1-9-6-14(11(3)23-9)18(21)22-8-12-7-16(20)24-17-10(2)15(19)5-4-13(12)17/h4-7,19H,8H2,1-3H3. The molecule has 0 atom stereocenters. The Morgan fingerprint density at radius 3 is 2.58 bits per heavy atom. The summed E-state index contributed by atoms with van der Waals surface area (Å²) >= 11 is 0. The van der Waals surface area contributed by atoms with Crippen LogP contribution in [0.3, 0.4) is 0 Å². The maximum absolute atomic E-state index is 12.2. The Morgan fingerprint density at radius 1 is 1.17 bits per heavy atom. The van der Waals surface area contributed by atoms with E-state index in [9.17, 15) is 14.7 Å². The van der Waals surface area contributed by atoms with E-state index in [1.54, 1.807) is 32.9 Å². The number of aromatic hydroxyl groups is 1. The van der Waals surface area contributed by atoms with Gasteiger partial charge in [-0.05, 0) is 39.0 Å². The van der Waals surface area contributed by atoms with Crippen LogP contribution in [0.5, 0.6) is 5.75 Å². The molecule has 1 N–H and O–H groups in total. The second-order valence-electron chi connectivity index (χ2n) is 5.58. The third-order valence-corrected chi connectivity index (χ3v) is 3.84. The minimum absolute atomic E-state index is 0.0318. The molecule has 1 aromatic carbocycles. The summed E-state index contributed by atoms with van der Waals surface area (Å²) in [7, 11) is 0. The average Bonchev–Trinajstić information content (AvgIpc) is 2.87. The number of hydrogen-bond acceptors (Lipinski definition) is 6. The fourth-order valence-electron chi connectivity index (χ4n) is 2.59. The Bertz CT molecular complexity index is 993. The first kappa shape index (κ1) is 15.9. The Hall–Kier alpha value is -3.02. The van der Waals surface area contributed by atoms with E-state index in [-0.39, 0.29) is 17.9 Å². The van der Waals surface area contributed by atoms with Crippen LogP contribution in [0.4, 0.5) is 0 Å². The number of rotatable bonds is 3. The van der Waals surface area contributed by atoms with E-state index in [0.29, 0.717) is 33.6 Å². The van der Waals surface area contributed by atoms with Gasteiger partial charge in [-0.3, -0.25) is 0 Å². The van der Waals surface area contributed by atoms with Crippen molar-refractivity contribution in [3.05, 3.63) is 62.9 Å². The summed E-state index contributed by atoms with van der Waals surface area (Å²) in [4.78, 5) is 23.9. The quantitative estimate of drug-likeness (QED) is 0.585. The molecule has 124 valence electrons. The van der Waals surface area contributed by atoms with E-state index in [1.165, 1.54) is 12.1 Å². The zero-order chi connectivity index (χ0) is 17.4. The Labute approximate surface area is 137 Å². The largest absolute Gasteiger partial charge is 0.508 e. The number of hydrogen-bond donors (Lipinski definition) is 1. The number of phenolic OH excluding ortho intramolecular Hbond substituents is 1. The fraction of sp³-hybridized carbons (Fsp3) is 0.222. The summed E-state index contributed by atoms with van der Waals surface area (Å²) in [6.07, 6.45) is 0. The number of ether oxygens (including phenoxy) is 1. The van der Waals surface area contributed by atoms with Gasteiger partial charge in [0.1, 0.15) is 35.0 Å². The number of furan rings is 1. The molecule has 6 heteroatoms. The van der Waals surface area contributed by atoms with Crippen molar-refractivity contribution in [1.82, 2.24) is 0 Å². The highest BCUT2D eigenvalue weighted by molar-refractivity contribution is 5.91. The van der Waals surface area contributed by atoms with Crippen molar-refractivity contribution in [1.29, 1.82) is 0 Å². The maximum atomic E-state index is 12.2. The second-order valence-corrected chi connectivity index (χ2v) is 5.58. The van der Waals surface area contributed by atoms with Crippen molar-refractivity contribution in [2.75, 3.05) is 0 Å². The van der Waals surface area contributed by atoms with Crippen molar-refractivity contribution in [3.63, 3.8) is 0 Å². The molecule has 2 heterocycles. The number of phenols is 1. The Balaban J connectivity index is 1.93. The molecule has 24 heavy (non-hydrogen) atoms. The molecule has 3 rings (SSSR count). The van der Waals surface area contributed by atoms with Crippen molar-refractivity contribution in [3.8, 4) is 5.75 Å². The fourth-order valence-corrected chi connectivity index (χ4v) is 2.59. The van der Waals surface area contributed by atoms with E-state index >= 15 is 0 Å². The predicted molar refractivity (Wildman–Crippen MR) is 86.2 cm³/mol. The van der Waals surface area contributed by atoms with Gasteiger partial charge in [-0.2, -0.15) is 0 Å². The van der Waals surface area contributed by atoms with Gasteiger partial charge in [0.2, 0.25) is 0 Å². The van der Waals surface area contributed by atoms with Crippen molar-refractivity contribution in [2.24, 2.45) is 0 Å². The monoisotopic (exact) mass is 328 g/mol. The summed E-state index contributed by atoms with van der Waals surface area (Å²) in [6, 6.07) is 6.01. The van der Waals surface area contributed by atoms with Crippen LogP contribution in [0.2, 0.25) is 0 Å². The second kappa shape index (κ2) is 5.88. The lowest BCUT2D eigenvalue weighted by atomic mass is 10.1. The summed E-state index contributed by atoms with van der Waals surface area (Å²) in [5.74, 6) is 0.609. The van der Waals surface area contributed by atoms with Crippen molar-refractivity contribution in [2.45, 2.75) is 27.4 Å². The van der Waals surface area contributed by atoms with Crippen LogP contribution < -0.4 is 5.63 Å². The first-order valence-corrected chi connectivity index (χ1v) is 7.36. The molecule has 0 fully saturated rings. The lowest BCUT2D eigenvalue weighted by Crippen LogP contribution is -2.08. The normalized spacial score (nSPS) is 11.0. The van der Waals surface area contributed by atoms with E-state index in [2.05, 4.69) is 0 Å². The minimum Gasteiger partial charge on any atom is -0.508 e. The highest BCUT2D eigenvalue weighted by Gasteiger charge is 2.17. The van der Waals surface area contributed by atoms with Gasteiger partial charge in [0, 0.05) is 22.6 Å². The lowest BCUT2D eigenvalue weighted by molar-refractivity contribution is 0.0472. The molecule has 0 radical (unpaired) electrons. The van der Waals surface area contributed by atoms with Crippen LogP contribution >= 0.6 is 0 Å². The SMILES string of the molecule is Cc1cc(C(=O)OCc2cc(=O)oc3c(C)c(O)ccc23)c(C)o1. The number of esters is 1. The van der Waals surface area contributed by atoms with Crippen molar-refractivity contribution < 1.29 is 23.5 Å². The molecule has 2 aromatic heterocycles. The number of carbonyl (C=O) groups is 1. The number of benzene rings is 1. The third-order valence-electron chi connectivity index (χ3n) is 3.84. The van der Waals surface area contributed by atoms with Gasteiger partial charge >= 0.3 is 11.6 Å². The molecule has 0 bridgehead atoms. The summed E-state index contributed by atoms with van der Waals surface area (Å²) in [5.41, 5.74) is 1.03. The van der Waals surface area contributed by atoms with Gasteiger partial charge in [-0.25, -0.2) is 9.59 Å². The van der Waals surface area contributed by atoms with Gasteiger partial charge in [0.15, 0.2) is 0 Å². The summed E-state index contributed by atoms with van der Waals surface area (Å²) in [5, 5.41) is 10.3. The van der Waals surface area contributed by atoms with Crippen LogP contribution in [-0.2, 0) is 11.3 Å². The smallest absolute Gasteiger partial charge is 0.342 e. The van der Waals surface area contributed by atoms with Gasteiger partial charge in [0.25, 0.3) is 0 Å². The highest BCUT2D eigenvalue weighted by Crippen LogP contribution is 2.27. The molecule has 3 aromatic rings. The van der Waals surface area contributed by atoms with Crippen LogP contribution in [0, 0.1) is 20.8 Å². The number of fused-ring (bicyclic) bond motifs is 1. The molecular formula is C18H16O6.